The van der Waals surface area contributed by atoms with E-state index in [-0.39, 0.29) is 17.7 Å². The van der Waals surface area contributed by atoms with Gasteiger partial charge in [-0.15, -0.1) is 0 Å². The van der Waals surface area contributed by atoms with Crippen molar-refractivity contribution in [2.75, 3.05) is 0 Å². The molecule has 24 heavy (non-hydrogen) atoms. The Morgan fingerprint density at radius 1 is 1.33 bits per heavy atom. The molecule has 1 aromatic carbocycles. The van der Waals surface area contributed by atoms with Gasteiger partial charge in [-0.25, -0.2) is 14.2 Å². The molecular weight excluding hydrogens is 333 g/mol. The molecule has 4 rings (SSSR count). The first-order valence-corrected chi connectivity index (χ1v) is 8.24. The van der Waals surface area contributed by atoms with Gasteiger partial charge in [0, 0.05) is 12.0 Å². The van der Waals surface area contributed by atoms with Crippen LogP contribution in [0.2, 0.25) is 0 Å². The van der Waals surface area contributed by atoms with Crippen LogP contribution >= 0.6 is 11.3 Å². The summed E-state index contributed by atoms with van der Waals surface area (Å²) in [4.78, 5) is 28.8. The Kier molecular flexibility index (Phi) is 3.61. The van der Waals surface area contributed by atoms with E-state index in [0.29, 0.717) is 16.6 Å². The van der Waals surface area contributed by atoms with Crippen molar-refractivity contribution >= 4 is 22.3 Å². The number of carbonyl (C=O) groups is 1. The van der Waals surface area contributed by atoms with Gasteiger partial charge in [-0.05, 0) is 37.1 Å². The quantitative estimate of drug-likeness (QED) is 0.679. The molecule has 0 bridgehead atoms. The van der Waals surface area contributed by atoms with Crippen LogP contribution in [0.5, 0.6) is 0 Å². The molecule has 0 saturated heterocycles. The average Bonchev–Trinajstić information content (AvgIpc) is 3.33. The first-order valence-electron chi connectivity index (χ1n) is 7.42. The predicted molar refractivity (Wildman–Crippen MR) is 84.6 cm³/mol. The Bertz CT molecular complexity index is 976. The number of nitrogens with zero attached hydrogens (tertiary/aromatic N) is 3. The van der Waals surface area contributed by atoms with E-state index >= 15 is 0 Å². The van der Waals surface area contributed by atoms with E-state index in [4.69, 9.17) is 4.74 Å². The maximum Gasteiger partial charge on any atom is 0.338 e. The lowest BCUT2D eigenvalue weighted by Gasteiger charge is -2.04. The summed E-state index contributed by atoms with van der Waals surface area (Å²) in [6.45, 7) is -0.126. The molecule has 122 valence electrons. The fourth-order valence-corrected chi connectivity index (χ4v) is 3.34. The molecule has 0 spiro atoms. The lowest BCUT2D eigenvalue weighted by molar-refractivity contribution is 0.0467. The number of halogens is 1. The van der Waals surface area contributed by atoms with E-state index in [1.807, 2.05) is 0 Å². The zero-order chi connectivity index (χ0) is 16.7. The number of fused-ring (bicyclic) bond motifs is 1. The van der Waals surface area contributed by atoms with Crippen LogP contribution in [0.3, 0.4) is 0 Å². The van der Waals surface area contributed by atoms with Crippen molar-refractivity contribution < 1.29 is 13.9 Å². The summed E-state index contributed by atoms with van der Waals surface area (Å²) in [7, 11) is 0. The van der Waals surface area contributed by atoms with E-state index in [1.165, 1.54) is 46.2 Å². The van der Waals surface area contributed by atoms with Crippen LogP contribution in [-0.2, 0) is 11.3 Å². The third-order valence-electron chi connectivity index (χ3n) is 3.67. The van der Waals surface area contributed by atoms with Crippen molar-refractivity contribution in [3.05, 3.63) is 62.8 Å². The molecule has 0 unspecified atom stereocenters. The van der Waals surface area contributed by atoms with Crippen LogP contribution in [0.1, 0.15) is 39.8 Å². The van der Waals surface area contributed by atoms with E-state index in [0.717, 1.165) is 17.8 Å². The number of carbonyl (C=O) groups excluding carboxylic acids is 1. The van der Waals surface area contributed by atoms with Crippen molar-refractivity contribution in [3.63, 3.8) is 0 Å². The summed E-state index contributed by atoms with van der Waals surface area (Å²) in [5.41, 5.74) is 0.306. The minimum absolute atomic E-state index is 0.126. The largest absolute Gasteiger partial charge is 0.456 e. The first kappa shape index (κ1) is 14.9. The van der Waals surface area contributed by atoms with Crippen molar-refractivity contribution in [1.29, 1.82) is 0 Å². The number of aromatic nitrogens is 3. The number of benzene rings is 1. The topological polar surface area (TPSA) is 73.6 Å². The highest BCUT2D eigenvalue weighted by molar-refractivity contribution is 7.16. The first-order chi connectivity index (χ1) is 11.6. The Balaban J connectivity index is 1.52. The Morgan fingerprint density at radius 3 is 2.79 bits per heavy atom. The number of esters is 1. The van der Waals surface area contributed by atoms with Crippen LogP contribution in [0.25, 0.3) is 4.96 Å². The van der Waals surface area contributed by atoms with Gasteiger partial charge < -0.3 is 4.74 Å². The second kappa shape index (κ2) is 5.79. The van der Waals surface area contributed by atoms with Gasteiger partial charge in [-0.3, -0.25) is 4.79 Å². The molecule has 2 aromatic heterocycles. The molecule has 0 amide bonds. The van der Waals surface area contributed by atoms with Crippen LogP contribution in [0.4, 0.5) is 4.39 Å². The monoisotopic (exact) mass is 345 g/mol. The Labute approximate surface area is 139 Å². The molecule has 1 aliphatic carbocycles. The van der Waals surface area contributed by atoms with E-state index < -0.39 is 11.8 Å². The van der Waals surface area contributed by atoms with E-state index in [9.17, 15) is 14.0 Å². The maximum atomic E-state index is 12.9. The number of hydrogen-bond donors (Lipinski definition) is 0. The number of ether oxygens (including phenoxy) is 1. The van der Waals surface area contributed by atoms with Crippen LogP contribution in [0.15, 0.2) is 35.1 Å². The van der Waals surface area contributed by atoms with Crippen molar-refractivity contribution in [2.45, 2.75) is 25.4 Å². The van der Waals surface area contributed by atoms with Gasteiger partial charge >= 0.3 is 5.97 Å². The molecule has 8 heteroatoms. The third kappa shape index (κ3) is 2.92. The minimum atomic E-state index is -0.597. The van der Waals surface area contributed by atoms with Gasteiger partial charge in [0.05, 0.1) is 11.3 Å². The van der Waals surface area contributed by atoms with Crippen LogP contribution < -0.4 is 5.56 Å². The summed E-state index contributed by atoms with van der Waals surface area (Å²) in [6.07, 6.45) is 2.19. The molecule has 2 heterocycles. The lowest BCUT2D eigenvalue weighted by Crippen LogP contribution is -2.16. The van der Waals surface area contributed by atoms with Crippen LogP contribution in [-0.4, -0.2) is 20.6 Å². The molecule has 0 radical (unpaired) electrons. The summed E-state index contributed by atoms with van der Waals surface area (Å²) in [5.74, 6) is -0.584. The van der Waals surface area contributed by atoms with Crippen molar-refractivity contribution in [3.8, 4) is 0 Å². The minimum Gasteiger partial charge on any atom is -0.456 e. The van der Waals surface area contributed by atoms with Gasteiger partial charge in [0.1, 0.15) is 17.4 Å². The molecule has 0 atom stereocenters. The summed E-state index contributed by atoms with van der Waals surface area (Å²) >= 11 is 1.39. The highest BCUT2D eigenvalue weighted by atomic mass is 32.1. The average molecular weight is 345 g/mol. The summed E-state index contributed by atoms with van der Waals surface area (Å²) in [6, 6.07) is 6.36. The SMILES string of the molecule is O=C(OCc1cc(=O)n2nc(C3CC3)sc2n1)c1ccc(F)cc1. The summed E-state index contributed by atoms with van der Waals surface area (Å²) in [5, 5.41) is 5.20. The fourth-order valence-electron chi connectivity index (χ4n) is 2.25. The smallest absolute Gasteiger partial charge is 0.338 e. The molecule has 6 nitrogen and oxygen atoms in total. The van der Waals surface area contributed by atoms with E-state index in [1.54, 1.807) is 0 Å². The molecule has 1 saturated carbocycles. The second-order valence-corrected chi connectivity index (χ2v) is 6.57. The van der Waals surface area contributed by atoms with Crippen molar-refractivity contribution in [2.24, 2.45) is 0 Å². The molecular formula is C16H12FN3O3S. The second-order valence-electron chi connectivity index (χ2n) is 5.58. The van der Waals surface area contributed by atoms with Gasteiger partial charge in [-0.2, -0.15) is 9.61 Å². The standard InChI is InChI=1S/C16H12FN3O3S/c17-11-5-3-10(4-6-11)15(22)23-8-12-7-13(21)20-16(18-12)24-14(19-20)9-1-2-9/h3-7,9H,1-2,8H2. The molecule has 0 aliphatic heterocycles. The van der Waals surface area contributed by atoms with E-state index in [2.05, 4.69) is 10.1 Å². The zero-order valence-electron chi connectivity index (χ0n) is 12.4. The zero-order valence-corrected chi connectivity index (χ0v) is 13.3. The highest BCUT2D eigenvalue weighted by Crippen LogP contribution is 2.41. The molecule has 3 aromatic rings. The van der Waals surface area contributed by atoms with Crippen molar-refractivity contribution in [1.82, 2.24) is 14.6 Å². The lowest BCUT2D eigenvalue weighted by atomic mass is 10.2. The summed E-state index contributed by atoms with van der Waals surface area (Å²) < 4.78 is 19.3. The predicted octanol–water partition coefficient (Wildman–Crippen LogP) is 2.52. The highest BCUT2D eigenvalue weighted by Gasteiger charge is 2.28. The third-order valence-corrected chi connectivity index (χ3v) is 4.74. The molecule has 1 fully saturated rings. The Hall–Kier alpha value is -2.61. The Morgan fingerprint density at radius 2 is 2.08 bits per heavy atom. The van der Waals surface area contributed by atoms with Gasteiger partial charge in [0.15, 0.2) is 0 Å². The molecule has 1 aliphatic rings. The van der Waals surface area contributed by atoms with Gasteiger partial charge in [0.2, 0.25) is 4.96 Å². The van der Waals surface area contributed by atoms with Gasteiger partial charge in [0.25, 0.3) is 5.56 Å². The van der Waals surface area contributed by atoms with Crippen LogP contribution in [0, 0.1) is 5.82 Å². The maximum absolute atomic E-state index is 12.9. The number of rotatable bonds is 4. The number of hydrogen-bond acceptors (Lipinski definition) is 6. The fraction of sp³-hybridized carbons (Fsp3) is 0.250. The molecule has 0 N–H and O–H groups in total. The van der Waals surface area contributed by atoms with Gasteiger partial charge in [-0.1, -0.05) is 11.3 Å². The normalized spacial score (nSPS) is 14.0.